The van der Waals surface area contributed by atoms with E-state index < -0.39 is 0 Å². The molecule has 2 rings (SSSR count). The molecule has 0 saturated heterocycles. The zero-order valence-corrected chi connectivity index (χ0v) is 8.87. The second-order valence-corrected chi connectivity index (χ2v) is 3.97. The van der Waals surface area contributed by atoms with Gasteiger partial charge in [-0.3, -0.25) is 4.90 Å². The minimum absolute atomic E-state index is 1.10. The summed E-state index contributed by atoms with van der Waals surface area (Å²) in [6.45, 7) is 4.56. The van der Waals surface area contributed by atoms with E-state index in [4.69, 9.17) is 0 Å². The fourth-order valence-corrected chi connectivity index (χ4v) is 1.79. The third-order valence-electron chi connectivity index (χ3n) is 2.63. The maximum atomic E-state index is 2.54. The lowest BCUT2D eigenvalue weighted by molar-refractivity contribution is 0.315. The molecule has 1 saturated carbocycles. The molecule has 1 aromatic carbocycles. The van der Waals surface area contributed by atoms with Crippen LogP contribution in [0.5, 0.6) is 0 Å². The molecular formula is C13H18N. The molecule has 1 aliphatic rings. The Hall–Kier alpha value is -0.820. The molecule has 1 aliphatic carbocycles. The van der Waals surface area contributed by atoms with Gasteiger partial charge < -0.3 is 0 Å². The molecule has 0 unspecified atom stereocenters. The van der Waals surface area contributed by atoms with Gasteiger partial charge in [0.05, 0.1) is 0 Å². The number of hydrogen-bond acceptors (Lipinski definition) is 1. The summed E-state index contributed by atoms with van der Waals surface area (Å²) in [5.74, 6) is 0. The maximum Gasteiger partial charge on any atom is 0.0398 e. The van der Waals surface area contributed by atoms with Crippen LogP contribution in [0.3, 0.4) is 0 Å². The van der Waals surface area contributed by atoms with Crippen molar-refractivity contribution in [1.29, 1.82) is 0 Å². The smallest absolute Gasteiger partial charge is 0.0398 e. The van der Waals surface area contributed by atoms with Crippen LogP contribution in [-0.4, -0.2) is 11.4 Å². The molecule has 1 aromatic rings. The lowest BCUT2D eigenvalue weighted by Gasteiger charge is -2.20. The molecule has 14 heavy (non-hydrogen) atoms. The van der Waals surface area contributed by atoms with E-state index in [2.05, 4.69) is 42.2 Å². The summed E-state index contributed by atoms with van der Waals surface area (Å²) in [5, 5.41) is 0. The van der Waals surface area contributed by atoms with Crippen molar-refractivity contribution in [2.24, 2.45) is 0 Å². The summed E-state index contributed by atoms with van der Waals surface area (Å²) in [4.78, 5) is 2.54. The predicted octanol–water partition coefficient (Wildman–Crippen LogP) is 3.22. The maximum absolute atomic E-state index is 2.54. The van der Waals surface area contributed by atoms with Crippen LogP contribution in [0.2, 0.25) is 0 Å². The Morgan fingerprint density at radius 3 is 2.43 bits per heavy atom. The Morgan fingerprint density at radius 1 is 1.14 bits per heavy atom. The highest BCUT2D eigenvalue weighted by molar-refractivity contribution is 5.16. The molecule has 0 aromatic heterocycles. The van der Waals surface area contributed by atoms with Gasteiger partial charge in [-0.15, -0.1) is 0 Å². The fraction of sp³-hybridized carbons (Fsp3) is 0.462. The Kier molecular flexibility index (Phi) is 3.20. The second-order valence-electron chi connectivity index (χ2n) is 3.97. The van der Waals surface area contributed by atoms with E-state index in [0.29, 0.717) is 0 Å². The van der Waals surface area contributed by atoms with Gasteiger partial charge in [-0.05, 0) is 31.4 Å². The van der Waals surface area contributed by atoms with Crippen LogP contribution in [0.4, 0.5) is 0 Å². The fourth-order valence-electron chi connectivity index (χ4n) is 1.79. The van der Waals surface area contributed by atoms with Gasteiger partial charge in [0.25, 0.3) is 0 Å². The van der Waals surface area contributed by atoms with Crippen molar-refractivity contribution in [1.82, 2.24) is 4.90 Å². The number of benzene rings is 1. The van der Waals surface area contributed by atoms with Crippen molar-refractivity contribution in [3.63, 3.8) is 0 Å². The lowest BCUT2D eigenvalue weighted by atomic mass is 10.2. The monoisotopic (exact) mass is 188 g/mol. The third kappa shape index (κ3) is 2.58. The van der Waals surface area contributed by atoms with Gasteiger partial charge in [-0.2, -0.15) is 0 Å². The van der Waals surface area contributed by atoms with Crippen LogP contribution in [0.15, 0.2) is 30.3 Å². The molecule has 0 amide bonds. The Balaban J connectivity index is 1.93. The highest BCUT2D eigenvalue weighted by Gasteiger charge is 2.29. The summed E-state index contributed by atoms with van der Waals surface area (Å²) < 4.78 is 0. The number of rotatable bonds is 5. The number of nitrogens with zero attached hydrogens (tertiary/aromatic N) is 1. The first-order valence-electron chi connectivity index (χ1n) is 5.53. The molecule has 1 radical (unpaired) electrons. The zero-order valence-electron chi connectivity index (χ0n) is 8.87. The van der Waals surface area contributed by atoms with Gasteiger partial charge >= 0.3 is 0 Å². The molecule has 1 fully saturated rings. The normalized spacial score (nSPS) is 16.1. The Bertz CT molecular complexity index is 264. The number of hydrogen-bond donors (Lipinski definition) is 0. The van der Waals surface area contributed by atoms with Crippen molar-refractivity contribution in [3.8, 4) is 0 Å². The molecular weight excluding hydrogens is 170 g/mol. The van der Waals surface area contributed by atoms with Crippen molar-refractivity contribution in [3.05, 3.63) is 41.9 Å². The first-order chi connectivity index (χ1) is 6.90. The minimum Gasteiger partial charge on any atom is -0.292 e. The first kappa shape index (κ1) is 9.72. The Morgan fingerprint density at radius 2 is 1.86 bits per heavy atom. The molecule has 1 nitrogen and oxygen atoms in total. The van der Waals surface area contributed by atoms with Crippen LogP contribution in [0, 0.1) is 6.04 Å². The summed E-state index contributed by atoms with van der Waals surface area (Å²) in [5.41, 5.74) is 1.43. The van der Waals surface area contributed by atoms with E-state index in [-0.39, 0.29) is 0 Å². The van der Waals surface area contributed by atoms with E-state index in [1.165, 1.54) is 31.4 Å². The highest BCUT2D eigenvalue weighted by Crippen LogP contribution is 2.36. The van der Waals surface area contributed by atoms with E-state index in [1.807, 2.05) is 0 Å². The van der Waals surface area contributed by atoms with Crippen molar-refractivity contribution in [2.45, 2.75) is 32.7 Å². The molecule has 0 atom stereocenters. The molecule has 1 heteroatoms. The minimum atomic E-state index is 1.10. The van der Waals surface area contributed by atoms with Crippen LogP contribution in [-0.2, 0) is 6.54 Å². The van der Waals surface area contributed by atoms with E-state index in [0.717, 1.165) is 6.54 Å². The van der Waals surface area contributed by atoms with Gasteiger partial charge in [0.15, 0.2) is 0 Å². The van der Waals surface area contributed by atoms with Gasteiger partial charge in [0, 0.05) is 12.6 Å². The lowest BCUT2D eigenvalue weighted by Crippen LogP contribution is -2.21. The molecule has 0 bridgehead atoms. The topological polar surface area (TPSA) is 3.24 Å². The van der Waals surface area contributed by atoms with E-state index in [9.17, 15) is 0 Å². The van der Waals surface area contributed by atoms with Gasteiger partial charge in [-0.25, -0.2) is 0 Å². The molecule has 0 N–H and O–H groups in total. The average Bonchev–Trinajstić information content (AvgIpc) is 3.02. The molecule has 0 heterocycles. The van der Waals surface area contributed by atoms with Crippen molar-refractivity contribution < 1.29 is 0 Å². The van der Waals surface area contributed by atoms with Crippen LogP contribution < -0.4 is 0 Å². The van der Waals surface area contributed by atoms with Crippen molar-refractivity contribution >= 4 is 0 Å². The third-order valence-corrected chi connectivity index (χ3v) is 2.63. The van der Waals surface area contributed by atoms with Gasteiger partial charge in [-0.1, -0.05) is 37.3 Å². The summed E-state index contributed by atoms with van der Waals surface area (Å²) in [6, 6.07) is 12.4. The van der Waals surface area contributed by atoms with Gasteiger partial charge in [0.2, 0.25) is 0 Å². The molecule has 0 aliphatic heterocycles. The molecule has 75 valence electrons. The van der Waals surface area contributed by atoms with Gasteiger partial charge in [0.1, 0.15) is 0 Å². The van der Waals surface area contributed by atoms with Crippen LogP contribution in [0.25, 0.3) is 0 Å². The largest absolute Gasteiger partial charge is 0.292 e. The Labute approximate surface area is 86.7 Å². The van der Waals surface area contributed by atoms with Crippen LogP contribution >= 0.6 is 0 Å². The molecule has 0 spiro atoms. The zero-order chi connectivity index (χ0) is 9.80. The first-order valence-corrected chi connectivity index (χ1v) is 5.53. The van der Waals surface area contributed by atoms with Crippen LogP contribution in [0.1, 0.15) is 31.7 Å². The standard InChI is InChI=1S/C13H18N/c1-2-10-14(13-8-9-13)11-12-6-4-3-5-7-12/h3-7H,2,8-11H2,1H3. The van der Waals surface area contributed by atoms with E-state index in [1.54, 1.807) is 6.04 Å². The summed E-state index contributed by atoms with van der Waals surface area (Å²) >= 11 is 0. The highest BCUT2D eigenvalue weighted by atomic mass is 15.2. The quantitative estimate of drug-likeness (QED) is 0.685. The second kappa shape index (κ2) is 4.61. The average molecular weight is 188 g/mol. The van der Waals surface area contributed by atoms with Crippen molar-refractivity contribution in [2.75, 3.05) is 6.54 Å². The summed E-state index contributed by atoms with van der Waals surface area (Å²) in [7, 11) is 0. The summed E-state index contributed by atoms with van der Waals surface area (Å²) in [6.07, 6.45) is 3.90. The SMILES string of the molecule is CCCN(Cc1ccccc1)[C]1CC1. The predicted molar refractivity (Wildman–Crippen MR) is 59.6 cm³/mol. The van der Waals surface area contributed by atoms with E-state index >= 15 is 0 Å².